The highest BCUT2D eigenvalue weighted by atomic mass is 32.2. The van der Waals surface area contributed by atoms with Gasteiger partial charge in [-0.1, -0.05) is 53.7 Å². The zero-order valence-electron chi connectivity index (χ0n) is 13.8. The van der Waals surface area contributed by atoms with Gasteiger partial charge >= 0.3 is 0 Å². The summed E-state index contributed by atoms with van der Waals surface area (Å²) in [5.74, 6) is 11.5. The van der Waals surface area contributed by atoms with Gasteiger partial charge in [0.05, 0.1) is 18.0 Å². The predicted molar refractivity (Wildman–Crippen MR) is 96.7 cm³/mol. The Balaban J connectivity index is 2.25. The van der Waals surface area contributed by atoms with E-state index in [1.807, 2.05) is 37.3 Å². The lowest BCUT2D eigenvalue weighted by Gasteiger charge is -2.17. The minimum Gasteiger partial charge on any atom is -0.207 e. The molecule has 2 rings (SSSR count). The van der Waals surface area contributed by atoms with E-state index in [1.54, 1.807) is 31.2 Å². The van der Waals surface area contributed by atoms with Crippen LogP contribution in [0.1, 0.15) is 18.1 Å². The highest BCUT2D eigenvalue weighted by Crippen LogP contribution is 2.15. The molecular weight excluding hydrogens is 318 g/mol. The van der Waals surface area contributed by atoms with Crippen molar-refractivity contribution >= 4 is 10.0 Å². The predicted octanol–water partition coefficient (Wildman–Crippen LogP) is 3.06. The summed E-state index contributed by atoms with van der Waals surface area (Å²) in [6.07, 6.45) is 0. The summed E-state index contributed by atoms with van der Waals surface area (Å²) < 4.78 is 26.9. The zero-order chi connectivity index (χ0) is 17.4. The molecule has 3 nitrogen and oxygen atoms in total. The van der Waals surface area contributed by atoms with E-state index in [0.29, 0.717) is 0 Å². The monoisotopic (exact) mass is 337 g/mol. The molecule has 4 heteroatoms. The summed E-state index contributed by atoms with van der Waals surface area (Å²) in [7, 11) is -3.62. The van der Waals surface area contributed by atoms with Crippen LogP contribution in [0.5, 0.6) is 0 Å². The SMILES string of the molecule is CC#CCN(CC#Cc1ccccc1)S(=O)(=O)c1ccc(C)cc1. The van der Waals surface area contributed by atoms with Gasteiger partial charge in [0.15, 0.2) is 0 Å². The van der Waals surface area contributed by atoms with Crippen LogP contribution in [0.25, 0.3) is 0 Å². The van der Waals surface area contributed by atoms with E-state index < -0.39 is 10.0 Å². The third-order valence-electron chi connectivity index (χ3n) is 3.35. The average molecular weight is 337 g/mol. The molecule has 0 spiro atoms. The molecule has 24 heavy (non-hydrogen) atoms. The fraction of sp³-hybridized carbons (Fsp3) is 0.200. The molecule has 2 aromatic carbocycles. The standard InChI is InChI=1S/C20H19NO2S/c1-3-4-16-21(17-8-11-19-9-6-5-7-10-19)24(22,23)20-14-12-18(2)13-15-20/h5-7,9-10,12-15H,16-17H2,1-2H3. The molecule has 0 aliphatic rings. The van der Waals surface area contributed by atoms with E-state index in [0.717, 1.165) is 11.1 Å². The second-order valence-electron chi connectivity index (χ2n) is 5.18. The molecule has 0 aliphatic heterocycles. The molecule has 0 aromatic heterocycles. The maximum absolute atomic E-state index is 12.8. The first kappa shape index (κ1) is 17.8. The van der Waals surface area contributed by atoms with Crippen molar-refractivity contribution in [3.8, 4) is 23.7 Å². The Bertz CT molecular complexity index is 893. The van der Waals surface area contributed by atoms with Gasteiger partial charge in [0.2, 0.25) is 10.0 Å². The summed E-state index contributed by atoms with van der Waals surface area (Å²) in [5.41, 5.74) is 1.87. The number of hydrogen-bond acceptors (Lipinski definition) is 2. The normalized spacial score (nSPS) is 10.5. The van der Waals surface area contributed by atoms with Crippen LogP contribution in [0, 0.1) is 30.6 Å². The Kier molecular flexibility index (Phi) is 6.21. The van der Waals surface area contributed by atoms with Crippen LogP contribution >= 0.6 is 0 Å². The van der Waals surface area contributed by atoms with Crippen molar-refractivity contribution in [2.45, 2.75) is 18.7 Å². The fourth-order valence-electron chi connectivity index (χ4n) is 2.00. The lowest BCUT2D eigenvalue weighted by atomic mass is 10.2. The molecule has 0 bridgehead atoms. The van der Waals surface area contributed by atoms with Gasteiger partial charge in [-0.05, 0) is 38.1 Å². The number of nitrogens with zero attached hydrogens (tertiary/aromatic N) is 1. The lowest BCUT2D eigenvalue weighted by molar-refractivity contribution is 0.482. The van der Waals surface area contributed by atoms with Crippen LogP contribution in [0.2, 0.25) is 0 Å². The molecule has 0 N–H and O–H groups in total. The average Bonchev–Trinajstić information content (AvgIpc) is 2.59. The first-order valence-corrected chi connectivity index (χ1v) is 8.98. The molecule has 0 unspecified atom stereocenters. The summed E-state index contributed by atoms with van der Waals surface area (Å²) >= 11 is 0. The highest BCUT2D eigenvalue weighted by Gasteiger charge is 2.22. The Morgan fingerprint density at radius 3 is 2.17 bits per heavy atom. The molecule has 0 fully saturated rings. The number of hydrogen-bond donors (Lipinski definition) is 0. The van der Waals surface area contributed by atoms with Crippen molar-refractivity contribution in [1.82, 2.24) is 4.31 Å². The summed E-state index contributed by atoms with van der Waals surface area (Å²) in [4.78, 5) is 0.257. The number of sulfonamides is 1. The maximum Gasteiger partial charge on any atom is 0.244 e. The molecule has 2 aromatic rings. The first-order valence-electron chi connectivity index (χ1n) is 7.54. The molecule has 0 saturated carbocycles. The van der Waals surface area contributed by atoms with Crippen molar-refractivity contribution in [2.24, 2.45) is 0 Å². The van der Waals surface area contributed by atoms with E-state index >= 15 is 0 Å². The largest absolute Gasteiger partial charge is 0.244 e. The number of aryl methyl sites for hydroxylation is 1. The second-order valence-corrected chi connectivity index (χ2v) is 7.12. The third-order valence-corrected chi connectivity index (χ3v) is 5.16. The van der Waals surface area contributed by atoms with Crippen molar-refractivity contribution in [2.75, 3.05) is 13.1 Å². The van der Waals surface area contributed by atoms with Gasteiger partial charge in [-0.15, -0.1) is 5.92 Å². The van der Waals surface area contributed by atoms with Gasteiger partial charge < -0.3 is 0 Å². The van der Waals surface area contributed by atoms with E-state index in [-0.39, 0.29) is 18.0 Å². The van der Waals surface area contributed by atoms with E-state index in [2.05, 4.69) is 23.7 Å². The molecule has 0 heterocycles. The second kappa shape index (κ2) is 8.36. The molecule has 0 saturated heterocycles. The Morgan fingerprint density at radius 2 is 1.54 bits per heavy atom. The van der Waals surface area contributed by atoms with E-state index in [4.69, 9.17) is 0 Å². The molecule has 0 amide bonds. The smallest absolute Gasteiger partial charge is 0.207 e. The van der Waals surface area contributed by atoms with Crippen LogP contribution in [0.4, 0.5) is 0 Å². The van der Waals surface area contributed by atoms with Crippen LogP contribution in [0.3, 0.4) is 0 Å². The van der Waals surface area contributed by atoms with Crippen LogP contribution in [0.15, 0.2) is 59.5 Å². The Morgan fingerprint density at radius 1 is 0.917 bits per heavy atom. The summed E-state index contributed by atoms with van der Waals surface area (Å²) in [6, 6.07) is 16.3. The fourth-order valence-corrected chi connectivity index (χ4v) is 3.25. The minimum atomic E-state index is -3.62. The van der Waals surface area contributed by atoms with Crippen molar-refractivity contribution in [3.63, 3.8) is 0 Å². The van der Waals surface area contributed by atoms with Gasteiger partial charge in [-0.2, -0.15) is 4.31 Å². The maximum atomic E-state index is 12.8. The van der Waals surface area contributed by atoms with Crippen LogP contribution in [-0.2, 0) is 10.0 Å². The molecular formula is C20H19NO2S. The van der Waals surface area contributed by atoms with E-state index in [9.17, 15) is 8.42 Å². The molecule has 0 radical (unpaired) electrons. The minimum absolute atomic E-state index is 0.0970. The van der Waals surface area contributed by atoms with Gasteiger partial charge in [-0.25, -0.2) is 8.42 Å². The molecule has 0 atom stereocenters. The van der Waals surface area contributed by atoms with E-state index in [1.165, 1.54) is 4.31 Å². The number of rotatable bonds is 4. The van der Waals surface area contributed by atoms with Crippen LogP contribution in [-0.4, -0.2) is 25.8 Å². The molecule has 122 valence electrons. The first-order chi connectivity index (χ1) is 11.5. The third kappa shape index (κ3) is 4.73. The van der Waals surface area contributed by atoms with Gasteiger partial charge in [0, 0.05) is 5.56 Å². The Hall–Kier alpha value is -2.53. The summed E-state index contributed by atoms with van der Waals surface area (Å²) in [5, 5.41) is 0. The topological polar surface area (TPSA) is 37.4 Å². The summed E-state index contributed by atoms with van der Waals surface area (Å²) in [6.45, 7) is 3.82. The molecule has 0 aliphatic carbocycles. The number of benzene rings is 2. The van der Waals surface area contributed by atoms with Crippen molar-refractivity contribution < 1.29 is 8.42 Å². The van der Waals surface area contributed by atoms with Crippen molar-refractivity contribution in [3.05, 3.63) is 65.7 Å². The van der Waals surface area contributed by atoms with Gasteiger partial charge in [0.1, 0.15) is 0 Å². The quantitative estimate of drug-likeness (QED) is 0.804. The van der Waals surface area contributed by atoms with Gasteiger partial charge in [-0.3, -0.25) is 0 Å². The van der Waals surface area contributed by atoms with Gasteiger partial charge in [0.25, 0.3) is 0 Å². The van der Waals surface area contributed by atoms with Crippen molar-refractivity contribution in [1.29, 1.82) is 0 Å². The Labute approximate surface area is 144 Å². The zero-order valence-corrected chi connectivity index (χ0v) is 14.6. The highest BCUT2D eigenvalue weighted by molar-refractivity contribution is 7.89. The lowest BCUT2D eigenvalue weighted by Crippen LogP contribution is -2.32. The van der Waals surface area contributed by atoms with Crippen LogP contribution < -0.4 is 0 Å².